The maximum Gasteiger partial charge on any atom is 0.423 e. The van der Waals surface area contributed by atoms with Gasteiger partial charge < -0.3 is 9.64 Å². The molecular weight excluding hydrogens is 391 g/mol. The highest BCUT2D eigenvalue weighted by Crippen LogP contribution is 2.37. The summed E-state index contributed by atoms with van der Waals surface area (Å²) in [6, 6.07) is 15.9. The molecule has 0 aliphatic carbocycles. The Bertz CT molecular complexity index is 935. The van der Waals surface area contributed by atoms with Crippen molar-refractivity contribution < 1.29 is 17.9 Å². The lowest BCUT2D eigenvalue weighted by atomic mass is 10.2. The Balaban J connectivity index is 1.98. The van der Waals surface area contributed by atoms with Crippen molar-refractivity contribution >= 4 is 23.2 Å². The summed E-state index contributed by atoms with van der Waals surface area (Å²) in [6.45, 7) is 2.20. The Hall–Kier alpha value is -2.80. The van der Waals surface area contributed by atoms with Crippen LogP contribution in [-0.2, 0) is 12.8 Å². The van der Waals surface area contributed by atoms with Crippen molar-refractivity contribution in [3.05, 3.63) is 76.9 Å². The van der Waals surface area contributed by atoms with E-state index in [4.69, 9.17) is 16.3 Å². The molecule has 0 aliphatic heterocycles. The Morgan fingerprint density at radius 2 is 1.71 bits per heavy atom. The first kappa shape index (κ1) is 19.9. The third-order valence-corrected chi connectivity index (χ3v) is 4.29. The van der Waals surface area contributed by atoms with E-state index in [1.165, 1.54) is 0 Å². The van der Waals surface area contributed by atoms with Gasteiger partial charge in [-0.05, 0) is 24.6 Å². The fourth-order valence-corrected chi connectivity index (χ4v) is 2.85. The molecule has 0 saturated carbocycles. The highest BCUT2D eigenvalue weighted by atomic mass is 35.5. The van der Waals surface area contributed by atoms with E-state index in [0.29, 0.717) is 17.3 Å². The Morgan fingerprint density at radius 3 is 2.36 bits per heavy atom. The number of alkyl halides is 3. The Labute approximate surface area is 165 Å². The molecule has 0 saturated heterocycles. The van der Waals surface area contributed by atoms with Gasteiger partial charge >= 0.3 is 6.18 Å². The normalized spacial score (nSPS) is 11.3. The molecule has 2 aromatic carbocycles. The smallest absolute Gasteiger partial charge is 0.423 e. The summed E-state index contributed by atoms with van der Waals surface area (Å²) in [7, 11) is 0. The molecule has 0 radical (unpaired) electrons. The molecule has 0 spiro atoms. The van der Waals surface area contributed by atoms with Crippen LogP contribution in [0.4, 0.5) is 24.8 Å². The van der Waals surface area contributed by atoms with Crippen LogP contribution < -0.4 is 9.64 Å². The van der Waals surface area contributed by atoms with Crippen LogP contribution in [0, 0.1) is 0 Å². The standard InChI is InChI=1S/C20H17ClF3N3O/c1-2-27(17-11-7-6-10-16(17)21)19-25-12-15(20(22,23)24)18(26-19)28-13-14-8-4-3-5-9-14/h3-12H,2,13H2,1H3. The van der Waals surface area contributed by atoms with Crippen LogP contribution in [0.15, 0.2) is 60.8 Å². The maximum atomic E-state index is 13.4. The highest BCUT2D eigenvalue weighted by molar-refractivity contribution is 6.33. The molecule has 0 bridgehead atoms. The van der Waals surface area contributed by atoms with Crippen LogP contribution in [0.2, 0.25) is 5.02 Å². The minimum atomic E-state index is -4.63. The fourth-order valence-electron chi connectivity index (χ4n) is 2.61. The number of para-hydroxylation sites is 1. The topological polar surface area (TPSA) is 38.2 Å². The molecule has 0 atom stereocenters. The minimum Gasteiger partial charge on any atom is -0.472 e. The third kappa shape index (κ3) is 4.54. The summed E-state index contributed by atoms with van der Waals surface area (Å²) >= 11 is 6.22. The minimum absolute atomic E-state index is 0.0431. The van der Waals surface area contributed by atoms with Crippen molar-refractivity contribution in [1.29, 1.82) is 0 Å². The van der Waals surface area contributed by atoms with Gasteiger partial charge in [-0.25, -0.2) is 4.98 Å². The van der Waals surface area contributed by atoms with Gasteiger partial charge in [-0.3, -0.25) is 0 Å². The van der Waals surface area contributed by atoms with Gasteiger partial charge in [0.25, 0.3) is 0 Å². The van der Waals surface area contributed by atoms with Crippen molar-refractivity contribution in [1.82, 2.24) is 9.97 Å². The molecule has 3 rings (SSSR count). The zero-order valence-corrected chi connectivity index (χ0v) is 15.7. The number of hydrogen-bond acceptors (Lipinski definition) is 4. The number of aromatic nitrogens is 2. The molecular formula is C20H17ClF3N3O. The van der Waals surface area contributed by atoms with Gasteiger partial charge in [0.2, 0.25) is 11.8 Å². The molecule has 28 heavy (non-hydrogen) atoms. The van der Waals surface area contributed by atoms with E-state index < -0.39 is 17.6 Å². The number of anilines is 2. The second-order valence-electron chi connectivity index (χ2n) is 5.86. The average Bonchev–Trinajstić information content (AvgIpc) is 2.68. The van der Waals surface area contributed by atoms with E-state index in [2.05, 4.69) is 9.97 Å². The molecule has 0 N–H and O–H groups in total. The molecule has 1 aromatic heterocycles. The SMILES string of the molecule is CCN(c1ncc(C(F)(F)F)c(OCc2ccccc2)n1)c1ccccc1Cl. The number of hydrogen-bond donors (Lipinski definition) is 0. The number of benzene rings is 2. The Kier molecular flexibility index (Phi) is 6.04. The van der Waals surface area contributed by atoms with Gasteiger partial charge in [-0.2, -0.15) is 18.2 Å². The molecule has 0 amide bonds. The van der Waals surface area contributed by atoms with Gasteiger partial charge in [-0.15, -0.1) is 0 Å². The predicted octanol–water partition coefficient (Wildman–Crippen LogP) is 5.89. The van der Waals surface area contributed by atoms with E-state index in [-0.39, 0.29) is 12.6 Å². The number of ether oxygens (including phenoxy) is 1. The molecule has 8 heteroatoms. The van der Waals surface area contributed by atoms with Crippen LogP contribution in [0.25, 0.3) is 0 Å². The summed E-state index contributed by atoms with van der Waals surface area (Å²) in [6.07, 6.45) is -3.89. The van der Waals surface area contributed by atoms with Crippen LogP contribution in [-0.4, -0.2) is 16.5 Å². The number of rotatable bonds is 6. The predicted molar refractivity (Wildman–Crippen MR) is 102 cm³/mol. The highest BCUT2D eigenvalue weighted by Gasteiger charge is 2.36. The molecule has 0 unspecified atom stereocenters. The molecule has 0 fully saturated rings. The largest absolute Gasteiger partial charge is 0.472 e. The van der Waals surface area contributed by atoms with Crippen molar-refractivity contribution in [2.75, 3.05) is 11.4 Å². The van der Waals surface area contributed by atoms with Gasteiger partial charge in [0.15, 0.2) is 0 Å². The third-order valence-electron chi connectivity index (χ3n) is 3.97. The molecule has 3 aromatic rings. The lowest BCUT2D eigenvalue weighted by Crippen LogP contribution is -2.21. The zero-order valence-electron chi connectivity index (χ0n) is 14.9. The van der Waals surface area contributed by atoms with Crippen molar-refractivity contribution in [2.24, 2.45) is 0 Å². The van der Waals surface area contributed by atoms with Gasteiger partial charge in [0, 0.05) is 12.7 Å². The maximum absolute atomic E-state index is 13.4. The van der Waals surface area contributed by atoms with Crippen molar-refractivity contribution in [2.45, 2.75) is 19.7 Å². The number of nitrogens with zero attached hydrogens (tertiary/aromatic N) is 3. The Morgan fingerprint density at radius 1 is 1.04 bits per heavy atom. The summed E-state index contributed by atoms with van der Waals surface area (Å²) in [5.41, 5.74) is 0.303. The molecule has 4 nitrogen and oxygen atoms in total. The van der Waals surface area contributed by atoms with Crippen molar-refractivity contribution in [3.8, 4) is 5.88 Å². The van der Waals surface area contributed by atoms with E-state index in [0.717, 1.165) is 11.8 Å². The van der Waals surface area contributed by atoms with E-state index in [1.54, 1.807) is 53.4 Å². The first-order valence-electron chi connectivity index (χ1n) is 8.53. The molecule has 146 valence electrons. The van der Waals surface area contributed by atoms with E-state index >= 15 is 0 Å². The quantitative estimate of drug-likeness (QED) is 0.511. The van der Waals surface area contributed by atoms with Crippen LogP contribution in [0.3, 0.4) is 0 Å². The van der Waals surface area contributed by atoms with Crippen LogP contribution in [0.5, 0.6) is 5.88 Å². The van der Waals surface area contributed by atoms with E-state index in [9.17, 15) is 13.2 Å². The first-order chi connectivity index (χ1) is 13.4. The van der Waals surface area contributed by atoms with E-state index in [1.807, 2.05) is 13.0 Å². The second-order valence-corrected chi connectivity index (χ2v) is 6.26. The van der Waals surface area contributed by atoms with Crippen LogP contribution in [0.1, 0.15) is 18.1 Å². The molecule has 0 aliphatic rings. The first-order valence-corrected chi connectivity index (χ1v) is 8.91. The second kappa shape index (κ2) is 8.48. The summed E-state index contributed by atoms with van der Waals surface area (Å²) < 4.78 is 45.6. The van der Waals surface area contributed by atoms with Gasteiger partial charge in [0.05, 0.1) is 10.7 Å². The average molecular weight is 408 g/mol. The number of halogens is 4. The van der Waals surface area contributed by atoms with Crippen LogP contribution >= 0.6 is 11.6 Å². The lowest BCUT2D eigenvalue weighted by molar-refractivity contribution is -0.139. The van der Waals surface area contributed by atoms with Gasteiger partial charge in [-0.1, -0.05) is 54.1 Å². The monoisotopic (exact) mass is 407 g/mol. The summed E-state index contributed by atoms with van der Waals surface area (Å²) in [5, 5.41) is 0.444. The molecule has 1 heterocycles. The lowest BCUT2D eigenvalue weighted by Gasteiger charge is -2.23. The fraction of sp³-hybridized carbons (Fsp3) is 0.200. The zero-order chi connectivity index (χ0) is 20.1. The summed E-state index contributed by atoms with van der Waals surface area (Å²) in [5.74, 6) is -0.446. The summed E-state index contributed by atoms with van der Waals surface area (Å²) in [4.78, 5) is 9.59. The van der Waals surface area contributed by atoms with Crippen molar-refractivity contribution in [3.63, 3.8) is 0 Å². The van der Waals surface area contributed by atoms with Gasteiger partial charge in [0.1, 0.15) is 12.2 Å².